The van der Waals surface area contributed by atoms with Crippen LogP contribution < -0.4 is 10.1 Å². The summed E-state index contributed by atoms with van der Waals surface area (Å²) in [5.41, 5.74) is 1.04. The highest BCUT2D eigenvalue weighted by Gasteiger charge is 2.08. The summed E-state index contributed by atoms with van der Waals surface area (Å²) in [5.74, 6) is 0.878. The van der Waals surface area contributed by atoms with Crippen molar-refractivity contribution >= 4 is 29.0 Å². The molecule has 0 aliphatic rings. The molecule has 0 bridgehead atoms. The highest BCUT2D eigenvalue weighted by molar-refractivity contribution is 6.34. The molecule has 6 heteroatoms. The minimum Gasteiger partial charge on any atom is -0.480 e. The third-order valence-electron chi connectivity index (χ3n) is 2.30. The van der Waals surface area contributed by atoms with Crippen molar-refractivity contribution in [3.8, 4) is 5.88 Å². The average Bonchev–Trinajstić information content (AvgIpc) is 2.38. The lowest BCUT2D eigenvalue weighted by Crippen LogP contribution is -2.03. The van der Waals surface area contributed by atoms with Gasteiger partial charge in [-0.05, 0) is 17.7 Å². The lowest BCUT2D eigenvalue weighted by molar-refractivity contribution is 0.397. The summed E-state index contributed by atoms with van der Waals surface area (Å²) in [6.07, 6.45) is 1.39. The Morgan fingerprint density at radius 1 is 1.28 bits per heavy atom. The highest BCUT2D eigenvalue weighted by atomic mass is 35.5. The van der Waals surface area contributed by atoms with Crippen LogP contribution in [0.15, 0.2) is 30.6 Å². The molecule has 0 aliphatic carbocycles. The lowest BCUT2D eigenvalue weighted by atomic mass is 10.2. The Labute approximate surface area is 115 Å². The van der Waals surface area contributed by atoms with Crippen LogP contribution in [-0.4, -0.2) is 17.1 Å². The van der Waals surface area contributed by atoms with Gasteiger partial charge in [-0.3, -0.25) is 0 Å². The zero-order valence-corrected chi connectivity index (χ0v) is 11.2. The number of methoxy groups -OCH3 is 1. The number of nitrogens with zero attached hydrogens (tertiary/aromatic N) is 2. The monoisotopic (exact) mass is 283 g/mol. The van der Waals surface area contributed by atoms with Crippen LogP contribution in [0.1, 0.15) is 5.56 Å². The quantitative estimate of drug-likeness (QED) is 0.934. The molecule has 0 amide bonds. The van der Waals surface area contributed by atoms with Crippen LogP contribution in [0, 0.1) is 0 Å². The first-order chi connectivity index (χ1) is 8.70. The maximum Gasteiger partial charge on any atom is 0.237 e. The molecule has 0 radical (unpaired) electrons. The molecular weight excluding hydrogens is 273 g/mol. The molecule has 94 valence electrons. The Morgan fingerprint density at radius 2 is 2.11 bits per heavy atom. The van der Waals surface area contributed by atoms with Gasteiger partial charge in [0.25, 0.3) is 0 Å². The van der Waals surface area contributed by atoms with Crippen molar-refractivity contribution < 1.29 is 4.74 Å². The number of hydrogen-bond donors (Lipinski definition) is 1. The summed E-state index contributed by atoms with van der Waals surface area (Å²) in [5, 5.41) is 4.17. The van der Waals surface area contributed by atoms with Gasteiger partial charge in [-0.15, -0.1) is 0 Å². The van der Waals surface area contributed by atoms with Gasteiger partial charge in [-0.25, -0.2) is 9.97 Å². The SMILES string of the molecule is COc1ncnc(NCc2cccc(Cl)c2)c1Cl. The molecule has 1 aromatic heterocycles. The van der Waals surface area contributed by atoms with E-state index in [0.717, 1.165) is 5.56 Å². The number of halogens is 2. The minimum atomic E-state index is 0.347. The number of hydrogen-bond acceptors (Lipinski definition) is 4. The van der Waals surface area contributed by atoms with Gasteiger partial charge in [0.2, 0.25) is 5.88 Å². The Hall–Kier alpha value is -1.52. The fraction of sp³-hybridized carbons (Fsp3) is 0.167. The molecule has 0 aliphatic heterocycles. The topological polar surface area (TPSA) is 47.0 Å². The van der Waals surface area contributed by atoms with Crippen LogP contribution in [0.2, 0.25) is 10.0 Å². The van der Waals surface area contributed by atoms with Crippen LogP contribution in [0.5, 0.6) is 5.88 Å². The molecular formula is C12H11Cl2N3O. The van der Waals surface area contributed by atoms with Gasteiger partial charge in [-0.1, -0.05) is 35.3 Å². The second-order valence-electron chi connectivity index (χ2n) is 3.53. The van der Waals surface area contributed by atoms with Gasteiger partial charge < -0.3 is 10.1 Å². The maximum atomic E-state index is 6.07. The maximum absolute atomic E-state index is 6.07. The Kier molecular flexibility index (Phi) is 4.23. The number of benzene rings is 1. The van der Waals surface area contributed by atoms with Crippen molar-refractivity contribution in [3.05, 3.63) is 46.2 Å². The van der Waals surface area contributed by atoms with Crippen LogP contribution in [-0.2, 0) is 6.54 Å². The third kappa shape index (κ3) is 3.03. The van der Waals surface area contributed by atoms with Gasteiger partial charge in [0, 0.05) is 11.6 Å². The summed E-state index contributed by atoms with van der Waals surface area (Å²) >= 11 is 12.0. The van der Waals surface area contributed by atoms with Crippen molar-refractivity contribution in [2.24, 2.45) is 0 Å². The molecule has 0 spiro atoms. The first-order valence-corrected chi connectivity index (χ1v) is 5.99. The number of aromatic nitrogens is 2. The molecule has 1 aromatic carbocycles. The first-order valence-electron chi connectivity index (χ1n) is 5.23. The van der Waals surface area contributed by atoms with Crippen molar-refractivity contribution in [1.29, 1.82) is 0 Å². The van der Waals surface area contributed by atoms with E-state index in [1.807, 2.05) is 24.3 Å². The van der Waals surface area contributed by atoms with Crippen molar-refractivity contribution in [1.82, 2.24) is 9.97 Å². The van der Waals surface area contributed by atoms with Gasteiger partial charge in [-0.2, -0.15) is 0 Å². The lowest BCUT2D eigenvalue weighted by Gasteiger charge is -2.09. The Balaban J connectivity index is 2.11. The van der Waals surface area contributed by atoms with Crippen LogP contribution in [0.3, 0.4) is 0 Å². The van der Waals surface area contributed by atoms with Gasteiger partial charge in [0.15, 0.2) is 5.82 Å². The zero-order chi connectivity index (χ0) is 13.0. The van der Waals surface area contributed by atoms with Gasteiger partial charge >= 0.3 is 0 Å². The van der Waals surface area contributed by atoms with Crippen molar-refractivity contribution in [2.75, 3.05) is 12.4 Å². The average molecular weight is 284 g/mol. The Bertz CT molecular complexity index is 549. The molecule has 0 saturated carbocycles. The summed E-state index contributed by atoms with van der Waals surface area (Å²) in [6.45, 7) is 0.570. The van der Waals surface area contributed by atoms with E-state index in [1.165, 1.54) is 13.4 Å². The molecule has 18 heavy (non-hydrogen) atoms. The van der Waals surface area contributed by atoms with E-state index < -0.39 is 0 Å². The van der Waals surface area contributed by atoms with Crippen LogP contribution >= 0.6 is 23.2 Å². The normalized spacial score (nSPS) is 10.2. The third-order valence-corrected chi connectivity index (χ3v) is 2.88. The molecule has 0 atom stereocenters. The fourth-order valence-electron chi connectivity index (χ4n) is 1.45. The van der Waals surface area contributed by atoms with Crippen molar-refractivity contribution in [3.63, 3.8) is 0 Å². The van der Waals surface area contributed by atoms with E-state index in [-0.39, 0.29) is 0 Å². The fourth-order valence-corrected chi connectivity index (χ4v) is 1.91. The standard InChI is InChI=1S/C12H11Cl2N3O/c1-18-12-10(14)11(16-7-17-12)15-6-8-3-2-4-9(13)5-8/h2-5,7H,6H2,1H3,(H,15,16,17). The molecule has 2 aromatic rings. The molecule has 0 saturated heterocycles. The Morgan fingerprint density at radius 3 is 2.83 bits per heavy atom. The van der Waals surface area contributed by atoms with Crippen molar-refractivity contribution in [2.45, 2.75) is 6.54 Å². The summed E-state index contributed by atoms with van der Waals surface area (Å²) < 4.78 is 5.01. The van der Waals surface area contributed by atoms with E-state index in [2.05, 4.69) is 15.3 Å². The summed E-state index contributed by atoms with van der Waals surface area (Å²) in [7, 11) is 1.51. The zero-order valence-electron chi connectivity index (χ0n) is 9.65. The molecule has 2 rings (SSSR count). The van der Waals surface area contributed by atoms with Crippen LogP contribution in [0.25, 0.3) is 0 Å². The molecule has 1 N–H and O–H groups in total. The molecule has 1 heterocycles. The predicted octanol–water partition coefficient (Wildman–Crippen LogP) is 3.40. The first kappa shape index (κ1) is 12.9. The van der Waals surface area contributed by atoms with Crippen LogP contribution in [0.4, 0.5) is 5.82 Å². The number of ether oxygens (including phenoxy) is 1. The van der Waals surface area contributed by atoms with E-state index >= 15 is 0 Å². The molecule has 4 nitrogen and oxygen atoms in total. The number of anilines is 1. The number of nitrogens with one attached hydrogen (secondary N) is 1. The second kappa shape index (κ2) is 5.89. The minimum absolute atomic E-state index is 0.347. The largest absolute Gasteiger partial charge is 0.480 e. The second-order valence-corrected chi connectivity index (χ2v) is 4.34. The van der Waals surface area contributed by atoms with Gasteiger partial charge in [0.05, 0.1) is 7.11 Å². The summed E-state index contributed by atoms with van der Waals surface area (Å²) in [4.78, 5) is 7.96. The van der Waals surface area contributed by atoms with E-state index in [1.54, 1.807) is 0 Å². The van der Waals surface area contributed by atoms with E-state index in [9.17, 15) is 0 Å². The van der Waals surface area contributed by atoms with Gasteiger partial charge in [0.1, 0.15) is 11.3 Å². The smallest absolute Gasteiger partial charge is 0.237 e. The van der Waals surface area contributed by atoms with E-state index in [4.69, 9.17) is 27.9 Å². The summed E-state index contributed by atoms with van der Waals surface area (Å²) in [6, 6.07) is 7.55. The highest BCUT2D eigenvalue weighted by Crippen LogP contribution is 2.27. The van der Waals surface area contributed by atoms with E-state index in [0.29, 0.717) is 28.3 Å². The molecule has 0 fully saturated rings. The number of rotatable bonds is 4. The predicted molar refractivity (Wildman–Crippen MR) is 72.4 cm³/mol. The molecule has 0 unspecified atom stereocenters.